The molecule has 2 rings (SSSR count). The van der Waals surface area contributed by atoms with E-state index < -0.39 is 0 Å². The van der Waals surface area contributed by atoms with E-state index in [4.69, 9.17) is 9.84 Å². The summed E-state index contributed by atoms with van der Waals surface area (Å²) in [6.45, 7) is 0.0908. The lowest BCUT2D eigenvalue weighted by atomic mass is 10.2. The van der Waals surface area contributed by atoms with Gasteiger partial charge in [0.15, 0.2) is 0 Å². The van der Waals surface area contributed by atoms with Gasteiger partial charge >= 0.3 is 0 Å². The van der Waals surface area contributed by atoms with Crippen LogP contribution in [0.1, 0.15) is 11.1 Å². The molecule has 0 aliphatic heterocycles. The molecule has 2 aromatic carbocycles. The Morgan fingerprint density at radius 3 is 2.61 bits per heavy atom. The number of benzene rings is 2. The smallest absolute Gasteiger partial charge is 0.119 e. The van der Waals surface area contributed by atoms with Crippen molar-refractivity contribution in [3.05, 3.63) is 59.7 Å². The molecule has 0 saturated heterocycles. The molecule has 0 atom stereocenters. The van der Waals surface area contributed by atoms with Crippen LogP contribution < -0.4 is 4.74 Å². The molecule has 0 saturated carbocycles. The monoisotopic (exact) mass is 260 g/mol. The Kier molecular flexibility index (Phi) is 4.67. The molecule has 2 nitrogen and oxygen atoms in total. The van der Waals surface area contributed by atoms with Crippen LogP contribution in [0.5, 0.6) is 5.75 Å². The molecule has 0 aliphatic carbocycles. The molecular formula is C15H16O2S. The third kappa shape index (κ3) is 3.52. The molecular weight excluding hydrogens is 244 g/mol. The van der Waals surface area contributed by atoms with E-state index in [0.29, 0.717) is 0 Å². The molecule has 0 spiro atoms. The normalized spacial score (nSPS) is 10.3. The average Bonchev–Trinajstić information content (AvgIpc) is 2.45. The highest BCUT2D eigenvalue weighted by atomic mass is 32.2. The summed E-state index contributed by atoms with van der Waals surface area (Å²) in [6, 6.07) is 16.1. The summed E-state index contributed by atoms with van der Waals surface area (Å²) >= 11 is 1.76. The third-order valence-electron chi connectivity index (χ3n) is 2.62. The molecule has 0 bridgehead atoms. The zero-order chi connectivity index (χ0) is 12.8. The van der Waals surface area contributed by atoms with Crippen molar-refractivity contribution in [2.24, 2.45) is 0 Å². The standard InChI is InChI=1S/C15H16O2S/c1-17-14-6-2-5-13(8-14)11-18-15-7-3-4-12(9-15)10-16/h2-9,16H,10-11H2,1H3. The van der Waals surface area contributed by atoms with E-state index in [2.05, 4.69) is 12.1 Å². The second-order valence-electron chi connectivity index (χ2n) is 3.95. The Balaban J connectivity index is 2.01. The minimum absolute atomic E-state index is 0.0908. The van der Waals surface area contributed by atoms with Crippen molar-refractivity contribution in [3.8, 4) is 5.75 Å². The number of ether oxygens (including phenoxy) is 1. The predicted molar refractivity (Wildman–Crippen MR) is 74.9 cm³/mol. The van der Waals surface area contributed by atoms with Gasteiger partial charge < -0.3 is 9.84 Å². The van der Waals surface area contributed by atoms with Crippen LogP contribution in [0.25, 0.3) is 0 Å². The van der Waals surface area contributed by atoms with Gasteiger partial charge in [-0.1, -0.05) is 24.3 Å². The van der Waals surface area contributed by atoms with Crippen LogP contribution in [-0.2, 0) is 12.4 Å². The SMILES string of the molecule is COc1cccc(CSc2cccc(CO)c2)c1. The molecule has 3 heteroatoms. The highest BCUT2D eigenvalue weighted by Crippen LogP contribution is 2.25. The van der Waals surface area contributed by atoms with Gasteiger partial charge in [0.1, 0.15) is 5.75 Å². The fourth-order valence-corrected chi connectivity index (χ4v) is 2.58. The number of hydrogen-bond acceptors (Lipinski definition) is 3. The summed E-state index contributed by atoms with van der Waals surface area (Å²) in [5.74, 6) is 1.78. The molecule has 0 aliphatic rings. The lowest BCUT2D eigenvalue weighted by Gasteiger charge is -2.05. The van der Waals surface area contributed by atoms with Crippen molar-refractivity contribution >= 4 is 11.8 Å². The van der Waals surface area contributed by atoms with E-state index in [1.54, 1.807) is 18.9 Å². The Hall–Kier alpha value is -1.45. The fraction of sp³-hybridized carbons (Fsp3) is 0.200. The Bertz CT molecular complexity index is 464. The van der Waals surface area contributed by atoms with E-state index >= 15 is 0 Å². The molecule has 0 amide bonds. The highest BCUT2D eigenvalue weighted by Gasteiger charge is 1.99. The van der Waals surface area contributed by atoms with Crippen molar-refractivity contribution in [1.29, 1.82) is 0 Å². The Morgan fingerprint density at radius 2 is 1.83 bits per heavy atom. The van der Waals surface area contributed by atoms with Gasteiger partial charge in [-0.05, 0) is 35.4 Å². The van der Waals surface area contributed by atoms with Gasteiger partial charge in [-0.2, -0.15) is 0 Å². The second kappa shape index (κ2) is 6.47. The molecule has 0 unspecified atom stereocenters. The molecule has 94 valence electrons. The van der Waals surface area contributed by atoms with Crippen molar-refractivity contribution in [1.82, 2.24) is 0 Å². The van der Waals surface area contributed by atoms with Crippen LogP contribution >= 0.6 is 11.8 Å². The van der Waals surface area contributed by atoms with Gasteiger partial charge in [-0.3, -0.25) is 0 Å². The topological polar surface area (TPSA) is 29.5 Å². The third-order valence-corrected chi connectivity index (χ3v) is 3.69. The molecule has 0 fully saturated rings. The minimum atomic E-state index is 0.0908. The molecule has 0 radical (unpaired) electrons. The van der Waals surface area contributed by atoms with Crippen LogP contribution in [-0.4, -0.2) is 12.2 Å². The number of methoxy groups -OCH3 is 1. The maximum atomic E-state index is 9.09. The maximum Gasteiger partial charge on any atom is 0.119 e. The Labute approximate surface area is 112 Å². The lowest BCUT2D eigenvalue weighted by Crippen LogP contribution is -1.86. The summed E-state index contributed by atoms with van der Waals surface area (Å²) in [5, 5.41) is 9.09. The number of thioether (sulfide) groups is 1. The van der Waals surface area contributed by atoms with Crippen LogP contribution in [0, 0.1) is 0 Å². The number of aliphatic hydroxyl groups excluding tert-OH is 1. The van der Waals surface area contributed by atoms with Gasteiger partial charge in [0.2, 0.25) is 0 Å². The average molecular weight is 260 g/mol. The van der Waals surface area contributed by atoms with Gasteiger partial charge in [0, 0.05) is 10.6 Å². The van der Waals surface area contributed by atoms with Crippen molar-refractivity contribution < 1.29 is 9.84 Å². The second-order valence-corrected chi connectivity index (χ2v) is 4.99. The van der Waals surface area contributed by atoms with E-state index in [0.717, 1.165) is 17.1 Å². The summed E-state index contributed by atoms with van der Waals surface area (Å²) in [6.07, 6.45) is 0. The summed E-state index contributed by atoms with van der Waals surface area (Å²) < 4.78 is 5.20. The molecule has 2 aromatic rings. The van der Waals surface area contributed by atoms with Crippen molar-refractivity contribution in [3.63, 3.8) is 0 Å². The first-order chi connectivity index (χ1) is 8.81. The Morgan fingerprint density at radius 1 is 1.06 bits per heavy atom. The first kappa shape index (κ1) is 13.0. The van der Waals surface area contributed by atoms with E-state index in [1.165, 1.54) is 10.5 Å². The quantitative estimate of drug-likeness (QED) is 0.835. The number of rotatable bonds is 5. The highest BCUT2D eigenvalue weighted by molar-refractivity contribution is 7.98. The fourth-order valence-electron chi connectivity index (χ4n) is 1.66. The van der Waals surface area contributed by atoms with E-state index in [-0.39, 0.29) is 6.61 Å². The number of hydrogen-bond donors (Lipinski definition) is 1. The lowest BCUT2D eigenvalue weighted by molar-refractivity contribution is 0.281. The largest absolute Gasteiger partial charge is 0.497 e. The summed E-state index contributed by atoms with van der Waals surface area (Å²) in [4.78, 5) is 1.17. The van der Waals surface area contributed by atoms with Crippen molar-refractivity contribution in [2.45, 2.75) is 17.3 Å². The van der Waals surface area contributed by atoms with Crippen LogP contribution in [0.2, 0.25) is 0 Å². The van der Waals surface area contributed by atoms with Gasteiger partial charge in [0.25, 0.3) is 0 Å². The maximum absolute atomic E-state index is 9.09. The van der Waals surface area contributed by atoms with Crippen molar-refractivity contribution in [2.75, 3.05) is 7.11 Å². The van der Waals surface area contributed by atoms with Gasteiger partial charge in [-0.25, -0.2) is 0 Å². The van der Waals surface area contributed by atoms with Crippen LogP contribution in [0.15, 0.2) is 53.4 Å². The number of aliphatic hydroxyl groups is 1. The zero-order valence-electron chi connectivity index (χ0n) is 10.3. The first-order valence-electron chi connectivity index (χ1n) is 5.77. The van der Waals surface area contributed by atoms with E-state index in [9.17, 15) is 0 Å². The first-order valence-corrected chi connectivity index (χ1v) is 6.76. The van der Waals surface area contributed by atoms with E-state index in [1.807, 2.05) is 36.4 Å². The zero-order valence-corrected chi connectivity index (χ0v) is 11.1. The van der Waals surface area contributed by atoms with Crippen LogP contribution in [0.4, 0.5) is 0 Å². The summed E-state index contributed by atoms with van der Waals surface area (Å²) in [5.41, 5.74) is 2.18. The molecule has 0 heterocycles. The summed E-state index contributed by atoms with van der Waals surface area (Å²) in [7, 11) is 1.68. The minimum Gasteiger partial charge on any atom is -0.497 e. The van der Waals surface area contributed by atoms with Gasteiger partial charge in [0.05, 0.1) is 13.7 Å². The van der Waals surface area contributed by atoms with Crippen LogP contribution in [0.3, 0.4) is 0 Å². The van der Waals surface area contributed by atoms with Gasteiger partial charge in [-0.15, -0.1) is 11.8 Å². The predicted octanol–water partition coefficient (Wildman–Crippen LogP) is 3.48. The molecule has 18 heavy (non-hydrogen) atoms. The molecule has 0 aromatic heterocycles. The molecule has 1 N–H and O–H groups in total.